The molecule has 0 aliphatic carbocycles. The first kappa shape index (κ1) is 23.4. The van der Waals surface area contributed by atoms with Gasteiger partial charge in [0.05, 0.1) is 29.3 Å². The maximum absolute atomic E-state index is 13.5. The summed E-state index contributed by atoms with van der Waals surface area (Å²) in [6, 6.07) is 19.4. The third kappa shape index (κ3) is 3.48. The zero-order chi connectivity index (χ0) is 25.8. The molecule has 0 spiro atoms. The lowest BCUT2D eigenvalue weighted by molar-refractivity contribution is -0.384. The molecule has 8 nitrogen and oxygen atoms in total. The monoisotopic (exact) mass is 485 g/mol. The number of hydrogen-bond acceptors (Lipinski definition) is 7. The van der Waals surface area contributed by atoms with Gasteiger partial charge in [0, 0.05) is 41.6 Å². The maximum Gasteiger partial charge on any atom is 0.342 e. The van der Waals surface area contributed by atoms with Crippen LogP contribution in [0.4, 0.5) is 17.1 Å². The molecule has 0 amide bonds. The van der Waals surface area contributed by atoms with Crippen LogP contribution in [0.3, 0.4) is 0 Å². The molecule has 0 unspecified atom stereocenters. The smallest absolute Gasteiger partial charge is 0.342 e. The Balaban J connectivity index is 1.80. The molecule has 1 aliphatic heterocycles. The minimum absolute atomic E-state index is 0.0242. The lowest BCUT2D eigenvalue weighted by Gasteiger charge is -2.51. The maximum atomic E-state index is 13.5. The molecule has 0 bridgehead atoms. The fraction of sp³-hybridized carbons (Fsp3) is 0.250. The van der Waals surface area contributed by atoms with E-state index in [2.05, 4.69) is 18.7 Å². The molecule has 0 saturated heterocycles. The van der Waals surface area contributed by atoms with E-state index < -0.39 is 21.9 Å². The number of fused-ring (bicyclic) bond motifs is 2. The Bertz CT molecular complexity index is 1540. The van der Waals surface area contributed by atoms with Gasteiger partial charge in [-0.3, -0.25) is 10.1 Å². The number of rotatable bonds is 4. The largest absolute Gasteiger partial charge is 0.497 e. The van der Waals surface area contributed by atoms with Gasteiger partial charge in [-0.05, 0) is 41.5 Å². The SMILES string of the molecule is COc1ccc2c(c1)[C@H](c1c(N)c3ccccc3oc1=O)C(C)(C)[C@H](c1ccc([N+](=O)[O-])cc1)N2C. The number of hydrogen-bond donors (Lipinski definition) is 1. The molecule has 2 N–H and O–H groups in total. The molecule has 3 aromatic carbocycles. The normalized spacial score (nSPS) is 18.6. The van der Waals surface area contributed by atoms with Crippen molar-refractivity contribution in [3.05, 3.63) is 104 Å². The van der Waals surface area contributed by atoms with Crippen molar-refractivity contribution >= 4 is 28.0 Å². The van der Waals surface area contributed by atoms with Crippen LogP contribution in [-0.4, -0.2) is 19.1 Å². The van der Waals surface area contributed by atoms with E-state index in [0.717, 1.165) is 16.8 Å². The molecule has 0 saturated carbocycles. The van der Waals surface area contributed by atoms with Crippen LogP contribution in [0.15, 0.2) is 75.9 Å². The van der Waals surface area contributed by atoms with E-state index in [1.807, 2.05) is 37.4 Å². The van der Waals surface area contributed by atoms with E-state index in [1.165, 1.54) is 12.1 Å². The highest BCUT2D eigenvalue weighted by Crippen LogP contribution is 2.58. The van der Waals surface area contributed by atoms with Crippen molar-refractivity contribution in [2.75, 3.05) is 24.8 Å². The van der Waals surface area contributed by atoms with Crippen molar-refractivity contribution in [1.29, 1.82) is 0 Å². The van der Waals surface area contributed by atoms with Gasteiger partial charge < -0.3 is 19.8 Å². The number of nitrogens with two attached hydrogens (primary N) is 1. The molecule has 0 radical (unpaired) electrons. The quantitative estimate of drug-likeness (QED) is 0.226. The second-order valence-corrected chi connectivity index (χ2v) is 9.75. The first-order valence-corrected chi connectivity index (χ1v) is 11.6. The second-order valence-electron chi connectivity index (χ2n) is 9.75. The molecule has 0 fully saturated rings. The summed E-state index contributed by atoms with van der Waals surface area (Å²) in [5.41, 5.74) is 9.57. The fourth-order valence-corrected chi connectivity index (χ4v) is 5.83. The second kappa shape index (κ2) is 8.41. The summed E-state index contributed by atoms with van der Waals surface area (Å²) >= 11 is 0. The minimum atomic E-state index is -0.588. The zero-order valence-electron chi connectivity index (χ0n) is 20.5. The number of benzene rings is 3. The zero-order valence-corrected chi connectivity index (χ0v) is 20.5. The number of nitro benzene ring substituents is 1. The highest BCUT2D eigenvalue weighted by Gasteiger charge is 2.49. The van der Waals surface area contributed by atoms with Crippen LogP contribution in [0.2, 0.25) is 0 Å². The van der Waals surface area contributed by atoms with Crippen molar-refractivity contribution in [3.63, 3.8) is 0 Å². The Morgan fingerprint density at radius 2 is 1.78 bits per heavy atom. The summed E-state index contributed by atoms with van der Waals surface area (Å²) in [5.74, 6) is 0.223. The highest BCUT2D eigenvalue weighted by atomic mass is 16.6. The number of methoxy groups -OCH3 is 1. The van der Waals surface area contributed by atoms with E-state index in [4.69, 9.17) is 14.9 Å². The molecule has 1 aliphatic rings. The molecule has 5 rings (SSSR count). The van der Waals surface area contributed by atoms with Gasteiger partial charge >= 0.3 is 5.63 Å². The molecule has 4 aromatic rings. The Labute approximate surface area is 208 Å². The highest BCUT2D eigenvalue weighted by molar-refractivity contribution is 5.90. The van der Waals surface area contributed by atoms with Gasteiger partial charge in [0.15, 0.2) is 0 Å². The lowest BCUT2D eigenvalue weighted by Crippen LogP contribution is -2.46. The first-order chi connectivity index (χ1) is 17.1. The number of anilines is 2. The van der Waals surface area contributed by atoms with E-state index >= 15 is 0 Å². The minimum Gasteiger partial charge on any atom is -0.497 e. The van der Waals surface area contributed by atoms with Gasteiger partial charge in [-0.25, -0.2) is 4.79 Å². The predicted molar refractivity (Wildman–Crippen MR) is 140 cm³/mol. The summed E-state index contributed by atoms with van der Waals surface area (Å²) in [5, 5.41) is 11.9. The molecular weight excluding hydrogens is 458 g/mol. The van der Waals surface area contributed by atoms with Gasteiger partial charge in [-0.1, -0.05) is 38.1 Å². The van der Waals surface area contributed by atoms with Gasteiger partial charge in [0.25, 0.3) is 5.69 Å². The number of para-hydroxylation sites is 1. The van der Waals surface area contributed by atoms with Crippen LogP contribution >= 0.6 is 0 Å². The average Bonchev–Trinajstić information content (AvgIpc) is 2.85. The van der Waals surface area contributed by atoms with E-state index in [9.17, 15) is 14.9 Å². The molecule has 36 heavy (non-hydrogen) atoms. The van der Waals surface area contributed by atoms with Gasteiger partial charge in [0.2, 0.25) is 0 Å². The number of nitro groups is 1. The lowest BCUT2D eigenvalue weighted by atomic mass is 9.62. The van der Waals surface area contributed by atoms with Crippen molar-refractivity contribution in [2.45, 2.75) is 25.8 Å². The summed E-state index contributed by atoms with van der Waals surface area (Å²) in [6.45, 7) is 4.16. The Morgan fingerprint density at radius 1 is 1.08 bits per heavy atom. The van der Waals surface area contributed by atoms with Crippen molar-refractivity contribution in [1.82, 2.24) is 0 Å². The molecule has 184 valence electrons. The molecule has 1 aromatic heterocycles. The van der Waals surface area contributed by atoms with E-state index in [0.29, 0.717) is 28.0 Å². The average molecular weight is 486 g/mol. The van der Waals surface area contributed by atoms with Crippen molar-refractivity contribution in [2.24, 2.45) is 5.41 Å². The third-order valence-electron chi connectivity index (χ3n) is 7.36. The predicted octanol–water partition coefficient (Wildman–Crippen LogP) is 5.64. The van der Waals surface area contributed by atoms with Crippen LogP contribution in [0.5, 0.6) is 5.75 Å². The summed E-state index contributed by atoms with van der Waals surface area (Å²) < 4.78 is 11.3. The Hall–Kier alpha value is -4.33. The van der Waals surface area contributed by atoms with E-state index in [-0.39, 0.29) is 11.7 Å². The summed E-state index contributed by atoms with van der Waals surface area (Å²) in [7, 11) is 3.59. The molecule has 2 heterocycles. The Morgan fingerprint density at radius 3 is 2.44 bits per heavy atom. The van der Waals surface area contributed by atoms with Gasteiger partial charge in [-0.15, -0.1) is 0 Å². The van der Waals surface area contributed by atoms with Crippen LogP contribution in [0, 0.1) is 15.5 Å². The van der Waals surface area contributed by atoms with Crippen LogP contribution in [0.25, 0.3) is 11.0 Å². The fourth-order valence-electron chi connectivity index (χ4n) is 5.83. The van der Waals surface area contributed by atoms with Crippen LogP contribution < -0.4 is 21.0 Å². The number of nitrogens with zero attached hydrogens (tertiary/aromatic N) is 2. The first-order valence-electron chi connectivity index (χ1n) is 11.6. The topological polar surface area (TPSA) is 112 Å². The van der Waals surface area contributed by atoms with Gasteiger partial charge in [0.1, 0.15) is 11.3 Å². The number of ether oxygens (including phenoxy) is 1. The standard InChI is InChI=1S/C28H27N3O5/c1-28(2)24(23-25(29)19-7-5-6-8-22(19)36-27(23)32)20-15-18(35-4)13-14-21(20)30(3)26(28)16-9-11-17(12-10-16)31(33)34/h5-15,24,26H,29H2,1-4H3/t24-,26+/m1/s1. The number of non-ortho nitro benzene ring substituents is 1. The third-order valence-corrected chi connectivity index (χ3v) is 7.36. The van der Waals surface area contributed by atoms with Crippen molar-refractivity contribution in [3.8, 4) is 5.75 Å². The molecule has 8 heteroatoms. The Kier molecular flexibility index (Phi) is 5.47. The van der Waals surface area contributed by atoms with Crippen LogP contribution in [0.1, 0.15) is 42.5 Å². The van der Waals surface area contributed by atoms with Gasteiger partial charge in [-0.2, -0.15) is 0 Å². The van der Waals surface area contributed by atoms with Crippen molar-refractivity contribution < 1.29 is 14.1 Å². The van der Waals surface area contributed by atoms with E-state index in [1.54, 1.807) is 31.4 Å². The summed E-state index contributed by atoms with van der Waals surface area (Å²) in [4.78, 5) is 26.5. The van der Waals surface area contributed by atoms with Crippen LogP contribution in [-0.2, 0) is 0 Å². The molecular formula is C28H27N3O5. The molecule has 2 atom stereocenters. The number of nitrogen functional groups attached to an aromatic ring is 1. The summed E-state index contributed by atoms with van der Waals surface area (Å²) in [6.07, 6.45) is 0.